The number of benzene rings is 1. The molecule has 1 saturated heterocycles. The van der Waals surface area contributed by atoms with E-state index in [-0.39, 0.29) is 11.9 Å². The second kappa shape index (κ2) is 8.24. The Morgan fingerprint density at radius 2 is 2.00 bits per heavy atom. The van der Waals surface area contributed by atoms with Crippen LogP contribution in [0.15, 0.2) is 12.1 Å². The van der Waals surface area contributed by atoms with E-state index in [2.05, 4.69) is 24.1 Å². The van der Waals surface area contributed by atoms with Crippen LogP contribution in [0.5, 0.6) is 5.75 Å². The van der Waals surface area contributed by atoms with E-state index in [0.717, 1.165) is 34.1 Å². The summed E-state index contributed by atoms with van der Waals surface area (Å²) in [5.41, 5.74) is 1.50. The minimum Gasteiger partial charge on any atom is -0.496 e. The van der Waals surface area contributed by atoms with E-state index in [0.29, 0.717) is 41.8 Å². The number of carbonyl (C=O) groups excluding carboxylic acids is 1. The van der Waals surface area contributed by atoms with Gasteiger partial charge in [0, 0.05) is 19.2 Å². The molecule has 0 spiro atoms. The quantitative estimate of drug-likeness (QED) is 0.714. The van der Waals surface area contributed by atoms with Gasteiger partial charge in [0.1, 0.15) is 11.3 Å². The zero-order chi connectivity index (χ0) is 21.7. The van der Waals surface area contributed by atoms with Crippen molar-refractivity contribution in [3.63, 3.8) is 0 Å². The van der Waals surface area contributed by atoms with E-state index in [4.69, 9.17) is 14.5 Å². The van der Waals surface area contributed by atoms with Crippen LogP contribution in [-0.2, 0) is 4.74 Å². The van der Waals surface area contributed by atoms with Crippen molar-refractivity contribution in [2.75, 3.05) is 25.7 Å². The van der Waals surface area contributed by atoms with Gasteiger partial charge in [-0.3, -0.25) is 4.79 Å². The van der Waals surface area contributed by atoms with Crippen LogP contribution in [0.3, 0.4) is 0 Å². The molecular weight excluding hydrogens is 410 g/mol. The van der Waals surface area contributed by atoms with Gasteiger partial charge < -0.3 is 19.7 Å². The summed E-state index contributed by atoms with van der Waals surface area (Å²) in [5.74, 6) is 2.53. The van der Waals surface area contributed by atoms with Crippen LogP contribution >= 0.6 is 11.3 Å². The molecule has 0 radical (unpaired) electrons. The molecule has 1 amide bonds. The molecule has 2 bridgehead atoms. The number of hydrogen-bond acceptors (Lipinski definition) is 6. The minimum absolute atomic E-state index is 0.0232. The summed E-state index contributed by atoms with van der Waals surface area (Å²) in [6.07, 6.45) is 6.03. The molecule has 3 aliphatic rings. The second-order valence-electron chi connectivity index (χ2n) is 9.62. The lowest BCUT2D eigenvalue weighted by atomic mass is 9.86. The van der Waals surface area contributed by atoms with E-state index < -0.39 is 0 Å². The highest BCUT2D eigenvalue weighted by Crippen LogP contribution is 2.48. The van der Waals surface area contributed by atoms with Crippen LogP contribution in [0.2, 0.25) is 0 Å². The fourth-order valence-electron chi connectivity index (χ4n) is 6.28. The number of nitrogens with zero attached hydrogens (tertiary/aromatic N) is 2. The topological polar surface area (TPSA) is 63.7 Å². The summed E-state index contributed by atoms with van der Waals surface area (Å²) >= 11 is 1.60. The van der Waals surface area contributed by atoms with Crippen LogP contribution in [0, 0.1) is 17.8 Å². The van der Waals surface area contributed by atoms with Crippen LogP contribution in [-0.4, -0.2) is 49.8 Å². The Morgan fingerprint density at radius 1 is 1.19 bits per heavy atom. The van der Waals surface area contributed by atoms with E-state index in [1.807, 2.05) is 12.1 Å². The molecule has 5 rings (SSSR count). The van der Waals surface area contributed by atoms with Crippen LogP contribution in [0.1, 0.15) is 56.3 Å². The highest BCUT2D eigenvalue weighted by Gasteiger charge is 2.46. The van der Waals surface area contributed by atoms with Gasteiger partial charge in [0.2, 0.25) is 0 Å². The van der Waals surface area contributed by atoms with Crippen molar-refractivity contribution >= 4 is 32.6 Å². The lowest BCUT2D eigenvalue weighted by molar-refractivity contribution is 0.0903. The van der Waals surface area contributed by atoms with Gasteiger partial charge in [-0.15, -0.1) is 0 Å². The lowest BCUT2D eigenvalue weighted by Crippen LogP contribution is -2.43. The maximum atomic E-state index is 13.5. The summed E-state index contributed by atoms with van der Waals surface area (Å²) in [6, 6.07) is 4.86. The molecule has 31 heavy (non-hydrogen) atoms. The van der Waals surface area contributed by atoms with Crippen LogP contribution in [0.4, 0.5) is 5.13 Å². The standard InChI is InChI=1S/C24H33N3O3S/c1-13-5-8-17(12-29-3)27(13)24-25-18-9-10-19(30-4)20(22(18)31-24)23(28)26-21-14(2)15-6-7-16(21)11-15/h9-10,13-17,21H,5-8,11-12H2,1-4H3,(H,26,28)/t13?,14?,15-,16?,17?,21?/m1/s1. The maximum absolute atomic E-state index is 13.5. The molecule has 1 N–H and O–H groups in total. The zero-order valence-electron chi connectivity index (χ0n) is 18.9. The number of nitrogens with one attached hydrogen (secondary N) is 1. The molecule has 2 heterocycles. The largest absolute Gasteiger partial charge is 0.496 e. The van der Waals surface area contributed by atoms with Gasteiger partial charge in [0.15, 0.2) is 5.13 Å². The molecule has 3 fully saturated rings. The third kappa shape index (κ3) is 3.50. The third-order valence-corrected chi connectivity index (χ3v) is 9.05. The molecule has 5 unspecified atom stereocenters. The molecule has 6 nitrogen and oxygen atoms in total. The normalized spacial score (nSPS) is 32.2. The number of methoxy groups -OCH3 is 2. The number of thiazole rings is 1. The van der Waals surface area contributed by atoms with Gasteiger partial charge >= 0.3 is 0 Å². The molecule has 2 aromatic rings. The summed E-state index contributed by atoms with van der Waals surface area (Å²) in [6.45, 7) is 5.23. The number of amides is 1. The van der Waals surface area contributed by atoms with Crippen LogP contribution in [0.25, 0.3) is 10.2 Å². The van der Waals surface area contributed by atoms with Gasteiger partial charge in [0.05, 0.1) is 30.0 Å². The summed E-state index contributed by atoms with van der Waals surface area (Å²) in [4.78, 5) is 20.8. The first-order valence-corrected chi connectivity index (χ1v) is 12.4. The Labute approximate surface area is 188 Å². The Balaban J connectivity index is 1.49. The Hall–Kier alpha value is -1.86. The van der Waals surface area contributed by atoms with E-state index in [1.54, 1.807) is 25.6 Å². The van der Waals surface area contributed by atoms with Gasteiger partial charge in [-0.25, -0.2) is 4.98 Å². The highest BCUT2D eigenvalue weighted by atomic mass is 32.1. The predicted octanol–water partition coefficient (Wildman–Crippen LogP) is 4.47. The molecule has 6 atom stereocenters. The Morgan fingerprint density at radius 3 is 2.71 bits per heavy atom. The third-order valence-electron chi connectivity index (χ3n) is 7.95. The van der Waals surface area contributed by atoms with Crippen LogP contribution < -0.4 is 15.0 Å². The van der Waals surface area contributed by atoms with Gasteiger partial charge in [0.25, 0.3) is 5.91 Å². The van der Waals surface area contributed by atoms with Crippen molar-refractivity contribution in [2.45, 2.75) is 64.1 Å². The maximum Gasteiger partial charge on any atom is 0.256 e. The first-order valence-electron chi connectivity index (χ1n) is 11.6. The SMILES string of the molecule is COCC1CCC(C)N1c1nc2ccc(OC)c(C(=O)NC3C4CC[C@H](C4)C3C)c2s1. The molecule has 168 valence electrons. The van der Waals surface area contributed by atoms with E-state index in [9.17, 15) is 4.79 Å². The van der Waals surface area contributed by atoms with Gasteiger partial charge in [-0.05, 0) is 68.9 Å². The fraction of sp³-hybridized carbons (Fsp3) is 0.667. The highest BCUT2D eigenvalue weighted by molar-refractivity contribution is 7.22. The first-order chi connectivity index (χ1) is 15.0. The number of anilines is 1. The van der Waals surface area contributed by atoms with Crippen molar-refractivity contribution in [1.29, 1.82) is 0 Å². The monoisotopic (exact) mass is 443 g/mol. The Bertz CT molecular complexity index is 972. The average molecular weight is 444 g/mol. The van der Waals surface area contributed by atoms with E-state index >= 15 is 0 Å². The van der Waals surface area contributed by atoms with Crippen molar-refractivity contribution < 1.29 is 14.3 Å². The molecule has 2 aliphatic carbocycles. The fourth-order valence-corrected chi connectivity index (χ4v) is 7.56. The van der Waals surface area contributed by atoms with Gasteiger partial charge in [-0.1, -0.05) is 18.3 Å². The molecule has 2 saturated carbocycles. The number of ether oxygens (including phenoxy) is 2. The Kier molecular flexibility index (Phi) is 5.59. The average Bonchev–Trinajstić information content (AvgIpc) is 3.52. The summed E-state index contributed by atoms with van der Waals surface area (Å²) in [5, 5.41) is 4.36. The predicted molar refractivity (Wildman–Crippen MR) is 124 cm³/mol. The molecule has 7 heteroatoms. The number of carbonyl (C=O) groups is 1. The smallest absolute Gasteiger partial charge is 0.256 e. The molecular formula is C24H33N3O3S. The summed E-state index contributed by atoms with van der Waals surface area (Å²) < 4.78 is 12.0. The molecule has 1 aliphatic heterocycles. The van der Waals surface area contributed by atoms with Crippen molar-refractivity contribution in [2.24, 2.45) is 17.8 Å². The summed E-state index contributed by atoms with van der Waals surface area (Å²) in [7, 11) is 3.39. The number of rotatable bonds is 6. The molecule has 1 aromatic heterocycles. The zero-order valence-corrected chi connectivity index (χ0v) is 19.7. The first kappa shape index (κ1) is 21.0. The van der Waals surface area contributed by atoms with Crippen molar-refractivity contribution in [1.82, 2.24) is 10.3 Å². The van der Waals surface area contributed by atoms with E-state index in [1.165, 1.54) is 19.3 Å². The van der Waals surface area contributed by atoms with Crippen molar-refractivity contribution in [3.8, 4) is 5.75 Å². The lowest BCUT2D eigenvalue weighted by Gasteiger charge is -2.29. The van der Waals surface area contributed by atoms with Crippen molar-refractivity contribution in [3.05, 3.63) is 17.7 Å². The second-order valence-corrected chi connectivity index (χ2v) is 10.6. The number of hydrogen-bond donors (Lipinski definition) is 1. The molecule has 1 aromatic carbocycles. The minimum atomic E-state index is -0.0232. The van der Waals surface area contributed by atoms with Gasteiger partial charge in [-0.2, -0.15) is 0 Å². The number of fused-ring (bicyclic) bond motifs is 3. The number of aromatic nitrogens is 1.